The van der Waals surface area contributed by atoms with Crippen LogP contribution in [0.2, 0.25) is 0 Å². The Morgan fingerprint density at radius 2 is 2.04 bits per heavy atom. The van der Waals surface area contributed by atoms with Crippen LogP contribution in [0, 0.1) is 20.9 Å². The molecule has 0 unspecified atom stereocenters. The second kappa shape index (κ2) is 5.76. The molecule has 0 spiro atoms. The van der Waals surface area contributed by atoms with E-state index in [2.05, 4.69) is 20.8 Å². The molecule has 1 aromatic carbocycles. The molecule has 1 saturated carbocycles. The van der Waals surface area contributed by atoms with E-state index >= 15 is 0 Å². The maximum atomic E-state index is 12.6. The van der Waals surface area contributed by atoms with E-state index in [0.29, 0.717) is 0 Å². The lowest BCUT2D eigenvalue weighted by Crippen LogP contribution is -2.40. The molecule has 2 aliphatic rings. The van der Waals surface area contributed by atoms with E-state index < -0.39 is 4.92 Å². The highest BCUT2D eigenvalue weighted by atomic mass is 16.6. The van der Waals surface area contributed by atoms with E-state index in [1.165, 1.54) is 12.1 Å². The normalized spacial score (nSPS) is 27.8. The molecule has 1 heterocycles. The van der Waals surface area contributed by atoms with Gasteiger partial charge in [-0.05, 0) is 36.2 Å². The first-order chi connectivity index (χ1) is 11.2. The van der Waals surface area contributed by atoms with Crippen LogP contribution in [0.3, 0.4) is 0 Å². The SMILES string of the molecule is CC1(C)C[C@H]2C[C@](C)(CN2C(=O)COc2ccccc2[N+](=O)[O-])C1. The van der Waals surface area contributed by atoms with Gasteiger partial charge in [0, 0.05) is 18.7 Å². The number of carbonyl (C=O) groups is 1. The molecule has 0 radical (unpaired) electrons. The molecule has 0 N–H and O–H groups in total. The number of para-hydroxylation sites is 2. The van der Waals surface area contributed by atoms with Crippen LogP contribution < -0.4 is 4.74 Å². The topological polar surface area (TPSA) is 72.7 Å². The fraction of sp³-hybridized carbons (Fsp3) is 0.611. The zero-order valence-electron chi connectivity index (χ0n) is 14.4. The highest BCUT2D eigenvalue weighted by molar-refractivity contribution is 5.78. The Hall–Kier alpha value is -2.11. The molecule has 1 aliphatic carbocycles. The third kappa shape index (κ3) is 3.23. The van der Waals surface area contributed by atoms with E-state index in [4.69, 9.17) is 4.74 Å². The summed E-state index contributed by atoms with van der Waals surface area (Å²) in [4.78, 5) is 25.1. The van der Waals surface area contributed by atoms with Crippen LogP contribution in [0.5, 0.6) is 5.75 Å². The number of amides is 1. The van der Waals surface area contributed by atoms with Gasteiger partial charge in [0.2, 0.25) is 0 Å². The first-order valence-electron chi connectivity index (χ1n) is 8.35. The monoisotopic (exact) mass is 332 g/mol. The number of nitrogens with zero attached hydrogens (tertiary/aromatic N) is 2. The number of fused-ring (bicyclic) bond motifs is 2. The molecule has 6 nitrogen and oxygen atoms in total. The minimum Gasteiger partial charge on any atom is -0.477 e. The van der Waals surface area contributed by atoms with Crippen LogP contribution in [-0.4, -0.2) is 34.9 Å². The zero-order chi connectivity index (χ0) is 17.5. The van der Waals surface area contributed by atoms with Crippen molar-refractivity contribution >= 4 is 11.6 Å². The van der Waals surface area contributed by atoms with Crippen molar-refractivity contribution in [3.05, 3.63) is 34.4 Å². The van der Waals surface area contributed by atoms with Crippen molar-refractivity contribution in [3.8, 4) is 5.75 Å². The van der Waals surface area contributed by atoms with Gasteiger partial charge in [-0.15, -0.1) is 0 Å². The number of ether oxygens (including phenoxy) is 1. The van der Waals surface area contributed by atoms with Crippen molar-refractivity contribution in [1.82, 2.24) is 4.90 Å². The molecule has 1 aromatic rings. The summed E-state index contributed by atoms with van der Waals surface area (Å²) in [5.74, 6) is 0.0594. The van der Waals surface area contributed by atoms with Gasteiger partial charge in [-0.25, -0.2) is 0 Å². The molecule has 1 aliphatic heterocycles. The predicted molar refractivity (Wildman–Crippen MR) is 89.8 cm³/mol. The van der Waals surface area contributed by atoms with Crippen LogP contribution in [0.1, 0.15) is 40.0 Å². The van der Waals surface area contributed by atoms with Crippen LogP contribution in [0.25, 0.3) is 0 Å². The molecule has 2 fully saturated rings. The molecule has 1 amide bonds. The second-order valence-corrected chi connectivity index (χ2v) is 8.25. The fourth-order valence-electron chi connectivity index (χ4n) is 4.70. The molecule has 130 valence electrons. The summed E-state index contributed by atoms with van der Waals surface area (Å²) < 4.78 is 5.47. The predicted octanol–water partition coefficient (Wildman–Crippen LogP) is 3.40. The Labute approximate surface area is 141 Å². The standard InChI is InChI=1S/C18H24N2O4/c1-17(2)8-13-9-18(3,11-17)12-19(13)16(21)10-24-15-7-5-4-6-14(15)20(22)23/h4-7,13H,8-12H2,1-3H3/t13-,18-/m0/s1. The van der Waals surface area contributed by atoms with Crippen molar-refractivity contribution in [2.24, 2.45) is 10.8 Å². The lowest BCUT2D eigenvalue weighted by molar-refractivity contribution is -0.385. The first-order valence-corrected chi connectivity index (χ1v) is 8.35. The Morgan fingerprint density at radius 3 is 2.75 bits per heavy atom. The smallest absolute Gasteiger partial charge is 0.310 e. The van der Waals surface area contributed by atoms with Crippen molar-refractivity contribution in [1.29, 1.82) is 0 Å². The average Bonchev–Trinajstić information content (AvgIpc) is 2.74. The van der Waals surface area contributed by atoms with Crippen LogP contribution >= 0.6 is 0 Å². The Morgan fingerprint density at radius 1 is 1.33 bits per heavy atom. The van der Waals surface area contributed by atoms with E-state index in [1.54, 1.807) is 12.1 Å². The summed E-state index contributed by atoms with van der Waals surface area (Å²) in [5, 5.41) is 11.0. The summed E-state index contributed by atoms with van der Waals surface area (Å²) in [5.41, 5.74) is 0.297. The van der Waals surface area contributed by atoms with E-state index in [-0.39, 0.29) is 40.8 Å². The largest absolute Gasteiger partial charge is 0.477 e. The maximum absolute atomic E-state index is 12.6. The number of likely N-dealkylation sites (tertiary alicyclic amines) is 1. The van der Waals surface area contributed by atoms with Gasteiger partial charge in [-0.1, -0.05) is 32.9 Å². The summed E-state index contributed by atoms with van der Waals surface area (Å²) >= 11 is 0. The van der Waals surface area contributed by atoms with E-state index in [0.717, 1.165) is 25.8 Å². The number of nitro benzene ring substituents is 1. The van der Waals surface area contributed by atoms with E-state index in [9.17, 15) is 14.9 Å². The summed E-state index contributed by atoms with van der Waals surface area (Å²) in [6.45, 7) is 7.36. The van der Waals surface area contributed by atoms with Gasteiger partial charge in [0.15, 0.2) is 12.4 Å². The molecule has 6 heteroatoms. The third-order valence-corrected chi connectivity index (χ3v) is 5.15. The van der Waals surface area contributed by atoms with Crippen molar-refractivity contribution in [2.45, 2.75) is 46.1 Å². The van der Waals surface area contributed by atoms with Crippen LogP contribution in [-0.2, 0) is 4.79 Å². The van der Waals surface area contributed by atoms with Gasteiger partial charge >= 0.3 is 5.69 Å². The van der Waals surface area contributed by atoms with Crippen LogP contribution in [0.15, 0.2) is 24.3 Å². The Bertz CT molecular complexity index is 673. The van der Waals surface area contributed by atoms with Crippen molar-refractivity contribution in [2.75, 3.05) is 13.2 Å². The van der Waals surface area contributed by atoms with Crippen molar-refractivity contribution in [3.63, 3.8) is 0 Å². The first kappa shape index (κ1) is 16.7. The minimum atomic E-state index is -0.494. The van der Waals surface area contributed by atoms with Gasteiger partial charge < -0.3 is 9.64 Å². The maximum Gasteiger partial charge on any atom is 0.310 e. The molecular weight excluding hydrogens is 308 g/mol. The third-order valence-electron chi connectivity index (χ3n) is 5.15. The molecule has 0 aromatic heterocycles. The lowest BCUT2D eigenvalue weighted by atomic mass is 9.65. The molecule has 2 atom stereocenters. The fourth-order valence-corrected chi connectivity index (χ4v) is 4.70. The van der Waals surface area contributed by atoms with Gasteiger partial charge in [0.05, 0.1) is 4.92 Å². The highest BCUT2D eigenvalue weighted by Gasteiger charge is 2.50. The second-order valence-electron chi connectivity index (χ2n) is 8.25. The Kier molecular flexibility index (Phi) is 4.01. The Balaban J connectivity index is 1.68. The van der Waals surface area contributed by atoms with Crippen molar-refractivity contribution < 1.29 is 14.5 Å². The van der Waals surface area contributed by atoms with Gasteiger partial charge in [-0.2, -0.15) is 0 Å². The molecular formula is C18H24N2O4. The van der Waals surface area contributed by atoms with Gasteiger partial charge in [0.25, 0.3) is 5.91 Å². The molecule has 2 bridgehead atoms. The number of rotatable bonds is 4. The minimum absolute atomic E-state index is 0.0837. The molecule has 3 rings (SSSR count). The van der Waals surface area contributed by atoms with E-state index in [1.807, 2.05) is 4.90 Å². The summed E-state index contributed by atoms with van der Waals surface area (Å²) in [6, 6.07) is 6.41. The zero-order valence-corrected chi connectivity index (χ0v) is 14.4. The molecule has 1 saturated heterocycles. The highest BCUT2D eigenvalue weighted by Crippen LogP contribution is 2.52. The molecule has 24 heavy (non-hydrogen) atoms. The number of hydrogen-bond donors (Lipinski definition) is 0. The number of carbonyl (C=O) groups excluding carboxylic acids is 1. The van der Waals surface area contributed by atoms with Crippen LogP contribution in [0.4, 0.5) is 5.69 Å². The van der Waals surface area contributed by atoms with Gasteiger partial charge in [0.1, 0.15) is 0 Å². The number of hydrogen-bond acceptors (Lipinski definition) is 4. The lowest BCUT2D eigenvalue weighted by Gasteiger charge is -2.39. The number of nitro groups is 1. The summed E-state index contributed by atoms with van der Waals surface area (Å²) in [6.07, 6.45) is 3.15. The average molecular weight is 332 g/mol. The van der Waals surface area contributed by atoms with Gasteiger partial charge in [-0.3, -0.25) is 14.9 Å². The summed E-state index contributed by atoms with van der Waals surface area (Å²) in [7, 11) is 0. The quantitative estimate of drug-likeness (QED) is 0.626. The number of benzene rings is 1.